The van der Waals surface area contributed by atoms with Gasteiger partial charge in [0.15, 0.2) is 17.6 Å². The molecular weight excluding hydrogens is 274 g/mol. The van der Waals surface area contributed by atoms with Crippen molar-refractivity contribution in [3.8, 4) is 17.6 Å². The zero-order chi connectivity index (χ0) is 11.5. The molecule has 0 aromatic heterocycles. The van der Waals surface area contributed by atoms with Crippen molar-refractivity contribution in [2.45, 2.75) is 12.5 Å². The van der Waals surface area contributed by atoms with E-state index in [4.69, 9.17) is 14.7 Å². The summed E-state index contributed by atoms with van der Waals surface area (Å²) in [5.74, 6) is 1.20. The third-order valence-electron chi connectivity index (χ3n) is 2.26. The lowest BCUT2D eigenvalue weighted by atomic mass is 10.1. The SMILES string of the molecule is N#CC(O)c1cc(Br)c2c(c1)OCCCO2. The maximum Gasteiger partial charge on any atom is 0.175 e. The average Bonchev–Trinajstić information content (AvgIpc) is 2.53. The zero-order valence-electron chi connectivity index (χ0n) is 8.44. The number of ether oxygens (including phenoxy) is 2. The summed E-state index contributed by atoms with van der Waals surface area (Å²) in [6.45, 7) is 1.18. The fourth-order valence-corrected chi connectivity index (χ4v) is 2.06. The molecule has 1 aromatic rings. The van der Waals surface area contributed by atoms with E-state index in [-0.39, 0.29) is 0 Å². The molecule has 1 N–H and O–H groups in total. The van der Waals surface area contributed by atoms with E-state index in [9.17, 15) is 5.11 Å². The maximum absolute atomic E-state index is 9.45. The lowest BCUT2D eigenvalue weighted by Gasteiger charge is -2.12. The second-order valence-corrected chi connectivity index (χ2v) is 4.27. The van der Waals surface area contributed by atoms with Gasteiger partial charge in [0.25, 0.3) is 0 Å². The molecule has 0 amide bonds. The number of fused-ring (bicyclic) bond motifs is 1. The highest BCUT2D eigenvalue weighted by Gasteiger charge is 2.17. The van der Waals surface area contributed by atoms with Crippen LogP contribution in [0.15, 0.2) is 16.6 Å². The number of hydrogen-bond acceptors (Lipinski definition) is 4. The first-order valence-electron chi connectivity index (χ1n) is 4.89. The highest BCUT2D eigenvalue weighted by Crippen LogP contribution is 2.39. The van der Waals surface area contributed by atoms with Gasteiger partial charge in [-0.2, -0.15) is 5.26 Å². The fourth-order valence-electron chi connectivity index (χ4n) is 1.48. The van der Waals surface area contributed by atoms with Gasteiger partial charge in [-0.3, -0.25) is 0 Å². The Kier molecular flexibility index (Phi) is 3.32. The molecule has 0 saturated heterocycles. The predicted molar refractivity (Wildman–Crippen MR) is 60.3 cm³/mol. The van der Waals surface area contributed by atoms with Crippen LogP contribution < -0.4 is 9.47 Å². The smallest absolute Gasteiger partial charge is 0.175 e. The number of halogens is 1. The van der Waals surface area contributed by atoms with Gasteiger partial charge in [0.2, 0.25) is 0 Å². The molecule has 0 radical (unpaired) electrons. The molecule has 1 unspecified atom stereocenters. The Morgan fingerprint density at radius 1 is 1.38 bits per heavy atom. The van der Waals surface area contributed by atoms with E-state index in [0.29, 0.717) is 34.7 Å². The molecule has 0 spiro atoms. The number of nitrogens with zero attached hydrogens (tertiary/aromatic N) is 1. The largest absolute Gasteiger partial charge is 0.490 e. The number of nitriles is 1. The Morgan fingerprint density at radius 2 is 2.12 bits per heavy atom. The van der Waals surface area contributed by atoms with Gasteiger partial charge >= 0.3 is 0 Å². The van der Waals surface area contributed by atoms with Crippen LogP contribution in [0.3, 0.4) is 0 Å². The van der Waals surface area contributed by atoms with E-state index in [1.165, 1.54) is 0 Å². The van der Waals surface area contributed by atoms with Crippen LogP contribution in [0.2, 0.25) is 0 Å². The molecule has 16 heavy (non-hydrogen) atoms. The summed E-state index contributed by atoms with van der Waals surface area (Å²) in [7, 11) is 0. The monoisotopic (exact) mass is 283 g/mol. The topological polar surface area (TPSA) is 62.5 Å². The molecule has 84 valence electrons. The van der Waals surface area contributed by atoms with E-state index in [1.807, 2.05) is 0 Å². The van der Waals surface area contributed by atoms with Crippen LogP contribution in [-0.2, 0) is 0 Å². The van der Waals surface area contributed by atoms with Gasteiger partial charge in [0.1, 0.15) is 0 Å². The van der Waals surface area contributed by atoms with Crippen molar-refractivity contribution in [1.29, 1.82) is 5.26 Å². The highest BCUT2D eigenvalue weighted by molar-refractivity contribution is 9.10. The van der Waals surface area contributed by atoms with E-state index in [1.54, 1.807) is 18.2 Å². The van der Waals surface area contributed by atoms with Gasteiger partial charge in [0, 0.05) is 6.42 Å². The number of hydrogen-bond donors (Lipinski definition) is 1. The fraction of sp³-hybridized carbons (Fsp3) is 0.364. The maximum atomic E-state index is 9.45. The minimum absolute atomic E-state index is 0.499. The van der Waals surface area contributed by atoms with Gasteiger partial charge in [-0.05, 0) is 33.6 Å². The lowest BCUT2D eigenvalue weighted by Crippen LogP contribution is -1.98. The first-order chi connectivity index (χ1) is 7.72. The van der Waals surface area contributed by atoms with Crippen LogP contribution in [0, 0.1) is 11.3 Å². The number of aliphatic hydroxyl groups excluding tert-OH is 1. The molecule has 0 saturated carbocycles. The zero-order valence-corrected chi connectivity index (χ0v) is 10.0. The average molecular weight is 284 g/mol. The second kappa shape index (κ2) is 4.73. The molecule has 1 aliphatic rings. The van der Waals surface area contributed by atoms with Crippen molar-refractivity contribution in [1.82, 2.24) is 0 Å². The quantitative estimate of drug-likeness (QED) is 0.803. The molecule has 1 aromatic carbocycles. The van der Waals surface area contributed by atoms with Gasteiger partial charge in [-0.1, -0.05) is 0 Å². The first-order valence-corrected chi connectivity index (χ1v) is 5.68. The summed E-state index contributed by atoms with van der Waals surface area (Å²) < 4.78 is 11.7. The molecule has 1 heterocycles. The van der Waals surface area contributed by atoms with Crippen LogP contribution in [0.1, 0.15) is 18.1 Å². The molecule has 1 aliphatic heterocycles. The minimum atomic E-state index is -1.14. The molecule has 4 nitrogen and oxygen atoms in total. The Hall–Kier alpha value is -1.25. The molecular formula is C11H10BrNO3. The summed E-state index contributed by atoms with van der Waals surface area (Å²) in [4.78, 5) is 0. The standard InChI is InChI=1S/C11H10BrNO3/c12-8-4-7(9(14)6-13)5-10-11(8)16-3-1-2-15-10/h4-5,9,14H,1-3H2. The molecule has 0 fully saturated rings. The molecule has 0 aliphatic carbocycles. The van der Waals surface area contributed by atoms with Gasteiger partial charge in [-0.15, -0.1) is 0 Å². The van der Waals surface area contributed by atoms with Crippen LogP contribution in [-0.4, -0.2) is 18.3 Å². The molecule has 2 rings (SSSR count). The van der Waals surface area contributed by atoms with Crippen molar-refractivity contribution >= 4 is 15.9 Å². The Morgan fingerprint density at radius 3 is 2.88 bits per heavy atom. The van der Waals surface area contributed by atoms with Crippen LogP contribution >= 0.6 is 15.9 Å². The van der Waals surface area contributed by atoms with Gasteiger partial charge in [0.05, 0.1) is 23.8 Å². The third-order valence-corrected chi connectivity index (χ3v) is 2.85. The van der Waals surface area contributed by atoms with Crippen molar-refractivity contribution in [2.24, 2.45) is 0 Å². The van der Waals surface area contributed by atoms with E-state index in [2.05, 4.69) is 15.9 Å². The number of aliphatic hydroxyl groups is 1. The summed E-state index contributed by atoms with van der Waals surface area (Å²) in [6.07, 6.45) is -0.328. The Labute approximate surface area is 102 Å². The summed E-state index contributed by atoms with van der Waals surface area (Å²) in [5, 5.41) is 18.1. The molecule has 1 atom stereocenters. The van der Waals surface area contributed by atoms with Crippen molar-refractivity contribution in [3.05, 3.63) is 22.2 Å². The lowest BCUT2D eigenvalue weighted by molar-refractivity contribution is 0.234. The van der Waals surface area contributed by atoms with Gasteiger partial charge < -0.3 is 14.6 Å². The van der Waals surface area contributed by atoms with E-state index in [0.717, 1.165) is 6.42 Å². The van der Waals surface area contributed by atoms with Crippen molar-refractivity contribution < 1.29 is 14.6 Å². The highest BCUT2D eigenvalue weighted by atomic mass is 79.9. The van der Waals surface area contributed by atoms with Crippen molar-refractivity contribution in [3.63, 3.8) is 0 Å². The van der Waals surface area contributed by atoms with E-state index >= 15 is 0 Å². The minimum Gasteiger partial charge on any atom is -0.490 e. The predicted octanol–water partition coefficient (Wildman–Crippen LogP) is 2.17. The second-order valence-electron chi connectivity index (χ2n) is 3.41. The van der Waals surface area contributed by atoms with Crippen LogP contribution in [0.25, 0.3) is 0 Å². The first kappa shape index (κ1) is 11.2. The number of benzene rings is 1. The third kappa shape index (κ3) is 2.13. The molecule has 5 heteroatoms. The molecule has 0 bridgehead atoms. The normalized spacial score (nSPS) is 16.1. The number of rotatable bonds is 1. The summed E-state index contributed by atoms with van der Waals surface area (Å²) in [6, 6.07) is 5.08. The van der Waals surface area contributed by atoms with Crippen LogP contribution in [0.4, 0.5) is 0 Å². The van der Waals surface area contributed by atoms with Crippen molar-refractivity contribution in [2.75, 3.05) is 13.2 Å². The van der Waals surface area contributed by atoms with Crippen LogP contribution in [0.5, 0.6) is 11.5 Å². The Balaban J connectivity index is 2.44. The Bertz CT molecular complexity index is 442. The van der Waals surface area contributed by atoms with Gasteiger partial charge in [-0.25, -0.2) is 0 Å². The summed E-state index contributed by atoms with van der Waals surface area (Å²) in [5.41, 5.74) is 0.499. The summed E-state index contributed by atoms with van der Waals surface area (Å²) >= 11 is 3.34. The van der Waals surface area contributed by atoms with E-state index < -0.39 is 6.10 Å².